The molecule has 1 unspecified atom stereocenters. The number of benzene rings is 3. The summed E-state index contributed by atoms with van der Waals surface area (Å²) < 4.78 is 0. The SMILES string of the molecule is CCC(=O)NC1CCN(c2ccc(NC(=O)Nc3ccc(Cc4ccccc4)cc3)cc2)C1. The molecule has 3 N–H and O–H groups in total. The Hall–Kier alpha value is -3.80. The Balaban J connectivity index is 1.26. The van der Waals surface area contributed by atoms with Crippen LogP contribution >= 0.6 is 0 Å². The molecule has 6 nitrogen and oxygen atoms in total. The van der Waals surface area contributed by atoms with Crippen LogP contribution < -0.4 is 20.9 Å². The zero-order valence-electron chi connectivity index (χ0n) is 18.9. The number of urea groups is 1. The molecule has 6 heteroatoms. The quantitative estimate of drug-likeness (QED) is 0.481. The second kappa shape index (κ2) is 10.7. The fourth-order valence-corrected chi connectivity index (χ4v) is 4.03. The molecule has 3 amide bonds. The van der Waals surface area contributed by atoms with Gasteiger partial charge in [0.05, 0.1) is 0 Å². The van der Waals surface area contributed by atoms with Gasteiger partial charge in [-0.25, -0.2) is 4.79 Å². The first-order valence-corrected chi connectivity index (χ1v) is 11.4. The van der Waals surface area contributed by atoms with Crippen molar-refractivity contribution in [1.29, 1.82) is 0 Å². The Morgan fingerprint density at radius 1 is 0.848 bits per heavy atom. The molecule has 0 spiro atoms. The van der Waals surface area contributed by atoms with Gasteiger partial charge in [0.15, 0.2) is 0 Å². The largest absolute Gasteiger partial charge is 0.369 e. The van der Waals surface area contributed by atoms with E-state index in [1.165, 1.54) is 11.1 Å². The van der Waals surface area contributed by atoms with Crippen molar-refractivity contribution in [2.24, 2.45) is 0 Å². The van der Waals surface area contributed by atoms with Gasteiger partial charge in [0.25, 0.3) is 0 Å². The molecule has 3 aromatic carbocycles. The molecule has 170 valence electrons. The number of carbonyl (C=O) groups is 2. The van der Waals surface area contributed by atoms with Gasteiger partial charge < -0.3 is 20.9 Å². The van der Waals surface area contributed by atoms with Gasteiger partial charge in [-0.05, 0) is 60.4 Å². The average molecular weight is 443 g/mol. The molecule has 1 aliphatic rings. The Morgan fingerprint density at radius 3 is 2.09 bits per heavy atom. The number of amides is 3. The Labute approximate surface area is 195 Å². The highest BCUT2D eigenvalue weighted by Crippen LogP contribution is 2.23. The molecule has 0 bridgehead atoms. The van der Waals surface area contributed by atoms with Gasteiger partial charge in [0.2, 0.25) is 5.91 Å². The van der Waals surface area contributed by atoms with Crippen molar-refractivity contribution in [2.75, 3.05) is 28.6 Å². The first-order chi connectivity index (χ1) is 16.1. The molecule has 4 rings (SSSR count). The van der Waals surface area contributed by atoms with Crippen LogP contribution in [-0.4, -0.2) is 31.1 Å². The summed E-state index contributed by atoms with van der Waals surface area (Å²) in [7, 11) is 0. The van der Waals surface area contributed by atoms with E-state index in [1.54, 1.807) is 0 Å². The summed E-state index contributed by atoms with van der Waals surface area (Å²) in [5.74, 6) is 0.0956. The third-order valence-electron chi connectivity index (χ3n) is 5.83. The lowest BCUT2D eigenvalue weighted by Crippen LogP contribution is -2.36. The molecule has 1 aliphatic heterocycles. The van der Waals surface area contributed by atoms with Crippen LogP contribution in [-0.2, 0) is 11.2 Å². The smallest absolute Gasteiger partial charge is 0.323 e. The summed E-state index contributed by atoms with van der Waals surface area (Å²) in [6, 6.07) is 25.9. The molecule has 1 saturated heterocycles. The minimum atomic E-state index is -0.276. The van der Waals surface area contributed by atoms with E-state index < -0.39 is 0 Å². The van der Waals surface area contributed by atoms with Crippen molar-refractivity contribution in [3.8, 4) is 0 Å². The van der Waals surface area contributed by atoms with Crippen LogP contribution in [0.25, 0.3) is 0 Å². The highest BCUT2D eigenvalue weighted by Gasteiger charge is 2.23. The number of hydrogen-bond acceptors (Lipinski definition) is 3. The van der Waals surface area contributed by atoms with Gasteiger partial charge in [0, 0.05) is 42.6 Å². The predicted molar refractivity (Wildman–Crippen MR) is 134 cm³/mol. The van der Waals surface area contributed by atoms with Crippen molar-refractivity contribution in [3.05, 3.63) is 90.0 Å². The van der Waals surface area contributed by atoms with Crippen molar-refractivity contribution in [3.63, 3.8) is 0 Å². The van der Waals surface area contributed by atoms with E-state index in [2.05, 4.69) is 33.0 Å². The lowest BCUT2D eigenvalue weighted by Gasteiger charge is -2.19. The van der Waals surface area contributed by atoms with Crippen LogP contribution in [0.2, 0.25) is 0 Å². The summed E-state index contributed by atoms with van der Waals surface area (Å²) in [4.78, 5) is 26.3. The maximum absolute atomic E-state index is 12.4. The minimum absolute atomic E-state index is 0.0956. The minimum Gasteiger partial charge on any atom is -0.369 e. The van der Waals surface area contributed by atoms with Crippen LogP contribution in [0.5, 0.6) is 0 Å². The molecule has 0 aromatic heterocycles. The van der Waals surface area contributed by atoms with Crippen molar-refractivity contribution < 1.29 is 9.59 Å². The third kappa shape index (κ3) is 6.35. The molecular weight excluding hydrogens is 412 g/mol. The molecule has 1 atom stereocenters. The maximum atomic E-state index is 12.4. The topological polar surface area (TPSA) is 73.5 Å². The van der Waals surface area contributed by atoms with Gasteiger partial charge in [-0.2, -0.15) is 0 Å². The fraction of sp³-hybridized carbons (Fsp3) is 0.259. The summed E-state index contributed by atoms with van der Waals surface area (Å²) >= 11 is 0. The van der Waals surface area contributed by atoms with E-state index in [1.807, 2.05) is 73.7 Å². The molecule has 1 fully saturated rings. The predicted octanol–water partition coefficient (Wildman–Crippen LogP) is 5.03. The van der Waals surface area contributed by atoms with E-state index in [9.17, 15) is 9.59 Å². The number of hydrogen-bond donors (Lipinski definition) is 3. The van der Waals surface area contributed by atoms with Gasteiger partial charge in [-0.15, -0.1) is 0 Å². The van der Waals surface area contributed by atoms with E-state index in [0.29, 0.717) is 6.42 Å². The first kappa shape index (κ1) is 22.4. The standard InChI is InChI=1S/C27H30N4O2/c1-2-26(32)28-24-16-17-31(19-24)25-14-12-23(13-15-25)30-27(33)29-22-10-8-21(9-11-22)18-20-6-4-3-5-7-20/h3-15,24H,2,16-19H2,1H3,(H,28,32)(H2,29,30,33). The number of nitrogens with one attached hydrogen (secondary N) is 3. The molecule has 0 saturated carbocycles. The number of rotatable bonds is 7. The highest BCUT2D eigenvalue weighted by atomic mass is 16.2. The Bertz CT molecular complexity index is 1070. The lowest BCUT2D eigenvalue weighted by molar-refractivity contribution is -0.121. The van der Waals surface area contributed by atoms with E-state index >= 15 is 0 Å². The molecular formula is C27H30N4O2. The normalized spacial score (nSPS) is 15.2. The van der Waals surface area contributed by atoms with Crippen molar-refractivity contribution >= 4 is 29.0 Å². The number of carbonyl (C=O) groups excluding carboxylic acids is 2. The van der Waals surface area contributed by atoms with E-state index in [4.69, 9.17) is 0 Å². The number of anilines is 3. The average Bonchev–Trinajstić information content (AvgIpc) is 3.30. The van der Waals surface area contributed by atoms with Gasteiger partial charge >= 0.3 is 6.03 Å². The summed E-state index contributed by atoms with van der Waals surface area (Å²) in [5, 5.41) is 8.82. The highest BCUT2D eigenvalue weighted by molar-refractivity contribution is 5.99. The summed E-state index contributed by atoms with van der Waals surface area (Å²) in [5.41, 5.74) is 5.02. The maximum Gasteiger partial charge on any atom is 0.323 e. The molecule has 3 aromatic rings. The second-order valence-electron chi connectivity index (χ2n) is 8.34. The van der Waals surface area contributed by atoms with Crippen LogP contribution in [0.1, 0.15) is 30.9 Å². The van der Waals surface area contributed by atoms with Crippen LogP contribution in [0.15, 0.2) is 78.9 Å². The zero-order valence-corrected chi connectivity index (χ0v) is 18.9. The van der Waals surface area contributed by atoms with Crippen LogP contribution in [0, 0.1) is 0 Å². The lowest BCUT2D eigenvalue weighted by atomic mass is 10.0. The monoisotopic (exact) mass is 442 g/mol. The van der Waals surface area contributed by atoms with Crippen LogP contribution in [0.4, 0.5) is 21.9 Å². The molecule has 0 radical (unpaired) electrons. The van der Waals surface area contributed by atoms with Gasteiger partial charge in [-0.1, -0.05) is 49.4 Å². The van der Waals surface area contributed by atoms with E-state index in [-0.39, 0.29) is 18.0 Å². The van der Waals surface area contributed by atoms with Gasteiger partial charge in [0.1, 0.15) is 0 Å². The summed E-state index contributed by atoms with van der Waals surface area (Å²) in [6.07, 6.45) is 2.32. The zero-order chi connectivity index (χ0) is 23.0. The van der Waals surface area contributed by atoms with Crippen molar-refractivity contribution in [1.82, 2.24) is 5.32 Å². The molecule has 0 aliphatic carbocycles. The number of nitrogens with zero attached hydrogens (tertiary/aromatic N) is 1. The Morgan fingerprint density at radius 2 is 1.45 bits per heavy atom. The third-order valence-corrected chi connectivity index (χ3v) is 5.83. The van der Waals surface area contributed by atoms with Gasteiger partial charge in [-0.3, -0.25) is 4.79 Å². The fourth-order valence-electron chi connectivity index (χ4n) is 4.03. The second-order valence-corrected chi connectivity index (χ2v) is 8.34. The van der Waals surface area contributed by atoms with E-state index in [0.717, 1.165) is 43.0 Å². The van der Waals surface area contributed by atoms with Crippen molar-refractivity contribution in [2.45, 2.75) is 32.2 Å². The molecule has 1 heterocycles. The Kier molecular flexibility index (Phi) is 7.25. The van der Waals surface area contributed by atoms with Crippen LogP contribution in [0.3, 0.4) is 0 Å². The summed E-state index contributed by atoms with van der Waals surface area (Å²) in [6.45, 7) is 3.58. The first-order valence-electron chi connectivity index (χ1n) is 11.4. The molecule has 33 heavy (non-hydrogen) atoms.